The predicted molar refractivity (Wildman–Crippen MR) is 152 cm³/mol. The van der Waals surface area contributed by atoms with Gasteiger partial charge in [-0.25, -0.2) is 9.97 Å². The molecule has 0 atom stereocenters. The van der Waals surface area contributed by atoms with Crippen molar-refractivity contribution in [3.8, 4) is 0 Å². The van der Waals surface area contributed by atoms with Gasteiger partial charge in [-0.1, -0.05) is 24.3 Å². The number of thiophene rings is 1. The van der Waals surface area contributed by atoms with E-state index in [4.69, 9.17) is 0 Å². The van der Waals surface area contributed by atoms with Crippen LogP contribution in [0.25, 0.3) is 20.2 Å². The smallest absolute Gasteiger partial charge is 0.392 e. The van der Waals surface area contributed by atoms with Crippen molar-refractivity contribution >= 4 is 79.4 Å². The first kappa shape index (κ1) is 20.6. The van der Waals surface area contributed by atoms with Crippen molar-refractivity contribution < 1.29 is 0 Å². The molecule has 0 spiro atoms. The highest BCUT2D eigenvalue weighted by molar-refractivity contribution is 7.25. The summed E-state index contributed by atoms with van der Waals surface area (Å²) in [5.74, 6) is 2.05. The standard InChI is InChI=1S/C26H24B2N6S/c1-31-21-7-5-13-29-25(21)33(3)27(31)17-9-11-23-19(15-17)20-16-18(10-12-24(20)35-23)28-32(2)22-8-6-14-30-26(22)34(28)4/h5-16H,1-4H3. The average molecular weight is 474 g/mol. The zero-order valence-corrected chi connectivity index (χ0v) is 21.0. The number of fused-ring (bicyclic) bond motifs is 5. The second kappa shape index (κ2) is 7.39. The minimum absolute atomic E-state index is 0.120. The molecule has 35 heavy (non-hydrogen) atoms. The Morgan fingerprint density at radius 3 is 1.49 bits per heavy atom. The van der Waals surface area contributed by atoms with Crippen molar-refractivity contribution in [1.82, 2.24) is 9.97 Å². The van der Waals surface area contributed by atoms with Gasteiger partial charge in [0.05, 0.1) is 11.4 Å². The summed E-state index contributed by atoms with van der Waals surface area (Å²) in [5.41, 5.74) is 4.88. The molecule has 0 fully saturated rings. The van der Waals surface area contributed by atoms with Gasteiger partial charge in [0.25, 0.3) is 0 Å². The van der Waals surface area contributed by atoms with Crippen molar-refractivity contribution in [3.63, 3.8) is 0 Å². The minimum atomic E-state index is 0.120. The molecule has 6 nitrogen and oxygen atoms in total. The molecule has 0 aliphatic carbocycles. The summed E-state index contributed by atoms with van der Waals surface area (Å²) in [7, 11) is 8.57. The van der Waals surface area contributed by atoms with Crippen LogP contribution in [0.15, 0.2) is 73.1 Å². The van der Waals surface area contributed by atoms with Crippen LogP contribution in [0.1, 0.15) is 0 Å². The van der Waals surface area contributed by atoms with Crippen LogP contribution in [0, 0.1) is 0 Å². The third kappa shape index (κ3) is 2.85. The summed E-state index contributed by atoms with van der Waals surface area (Å²) in [6, 6.07) is 22.1. The summed E-state index contributed by atoms with van der Waals surface area (Å²) in [5, 5.41) is 2.63. The topological polar surface area (TPSA) is 38.7 Å². The molecule has 0 radical (unpaired) electrons. The summed E-state index contributed by atoms with van der Waals surface area (Å²) in [6.07, 6.45) is 3.74. The molecule has 0 saturated heterocycles. The van der Waals surface area contributed by atoms with Gasteiger partial charge in [-0.2, -0.15) is 0 Å². The van der Waals surface area contributed by atoms with E-state index in [1.165, 1.54) is 31.1 Å². The maximum atomic E-state index is 4.63. The zero-order chi connectivity index (χ0) is 23.8. The van der Waals surface area contributed by atoms with Gasteiger partial charge in [0.1, 0.15) is 11.6 Å². The van der Waals surface area contributed by atoms with E-state index in [1.54, 1.807) is 0 Å². The maximum absolute atomic E-state index is 4.63. The number of aromatic nitrogens is 2. The lowest BCUT2D eigenvalue weighted by molar-refractivity contribution is 1.22. The number of nitrogens with zero attached hydrogens (tertiary/aromatic N) is 6. The zero-order valence-electron chi connectivity index (χ0n) is 20.2. The highest BCUT2D eigenvalue weighted by Gasteiger charge is 2.40. The molecule has 9 heteroatoms. The van der Waals surface area contributed by atoms with Crippen LogP contribution in [0.5, 0.6) is 0 Å². The van der Waals surface area contributed by atoms with Crippen molar-refractivity contribution in [2.45, 2.75) is 0 Å². The van der Waals surface area contributed by atoms with Crippen LogP contribution >= 0.6 is 11.3 Å². The van der Waals surface area contributed by atoms with Gasteiger partial charge in [-0.05, 0) is 86.3 Å². The molecule has 5 aromatic rings. The Morgan fingerprint density at radius 2 is 1.06 bits per heavy atom. The summed E-state index contributed by atoms with van der Waals surface area (Å²) < 4.78 is 2.64. The number of rotatable bonds is 2. The number of hydrogen-bond donors (Lipinski definition) is 0. The van der Waals surface area contributed by atoms with E-state index in [9.17, 15) is 0 Å². The van der Waals surface area contributed by atoms with E-state index in [-0.39, 0.29) is 14.0 Å². The Kier molecular flexibility index (Phi) is 4.36. The lowest BCUT2D eigenvalue weighted by Gasteiger charge is -2.23. The predicted octanol–water partition coefficient (Wildman–Crippen LogP) is 3.41. The normalized spacial score (nSPS) is 15.1. The molecule has 0 bridgehead atoms. The molecule has 2 aliphatic rings. The van der Waals surface area contributed by atoms with Crippen molar-refractivity contribution in [2.75, 3.05) is 47.4 Å². The second-order valence-corrected chi connectivity index (χ2v) is 10.6. The maximum Gasteiger partial charge on any atom is 0.412 e. The van der Waals surface area contributed by atoms with E-state index in [0.717, 1.165) is 23.0 Å². The molecule has 7 rings (SSSR count). The SMILES string of the molecule is CN1B(c2ccc3sc4ccc(B5N(C)c6cccnc6N5C)cc4c3c2)N(C)c2ncccc21. The van der Waals surface area contributed by atoms with Gasteiger partial charge in [0, 0.05) is 21.8 Å². The van der Waals surface area contributed by atoms with Crippen LogP contribution < -0.4 is 30.2 Å². The molecule has 3 aromatic heterocycles. The highest BCUT2D eigenvalue weighted by Crippen LogP contribution is 2.37. The van der Waals surface area contributed by atoms with Crippen LogP contribution in [0.2, 0.25) is 0 Å². The fourth-order valence-corrected chi connectivity index (χ4v) is 6.98. The molecule has 170 valence electrons. The third-order valence-electron chi connectivity index (χ3n) is 7.54. The lowest BCUT2D eigenvalue weighted by atomic mass is 9.65. The monoisotopic (exact) mass is 474 g/mol. The molecular formula is C26H24B2N6S. The van der Waals surface area contributed by atoms with Gasteiger partial charge >= 0.3 is 14.0 Å². The summed E-state index contributed by atoms with van der Waals surface area (Å²) in [4.78, 5) is 18.4. The Labute approximate surface area is 209 Å². The van der Waals surface area contributed by atoms with Crippen LogP contribution in [-0.4, -0.2) is 52.1 Å². The molecule has 0 N–H and O–H groups in total. The van der Waals surface area contributed by atoms with E-state index < -0.39 is 0 Å². The molecule has 5 heterocycles. The average Bonchev–Trinajstić information content (AvgIpc) is 3.46. The number of pyridine rings is 2. The quantitative estimate of drug-likeness (QED) is 0.366. The van der Waals surface area contributed by atoms with E-state index in [0.29, 0.717) is 0 Å². The Hall–Kier alpha value is -3.71. The number of anilines is 4. The largest absolute Gasteiger partial charge is 0.412 e. The third-order valence-corrected chi connectivity index (χ3v) is 8.69. The summed E-state index contributed by atoms with van der Waals surface area (Å²) >= 11 is 1.86. The fourth-order valence-electron chi connectivity index (χ4n) is 5.91. The van der Waals surface area contributed by atoms with Gasteiger partial charge < -0.3 is 19.2 Å². The van der Waals surface area contributed by atoms with Crippen molar-refractivity contribution in [2.24, 2.45) is 0 Å². The lowest BCUT2D eigenvalue weighted by Crippen LogP contribution is -2.54. The van der Waals surface area contributed by atoms with E-state index in [2.05, 4.69) is 106 Å². The fraction of sp³-hybridized carbons (Fsp3) is 0.154. The van der Waals surface area contributed by atoms with Gasteiger partial charge in [0.15, 0.2) is 0 Å². The molecule has 0 unspecified atom stereocenters. The Morgan fingerprint density at radius 1 is 0.600 bits per heavy atom. The highest BCUT2D eigenvalue weighted by atomic mass is 32.1. The van der Waals surface area contributed by atoms with Crippen LogP contribution in [0.4, 0.5) is 23.0 Å². The molecule has 2 aliphatic heterocycles. The second-order valence-electron chi connectivity index (χ2n) is 9.50. The van der Waals surface area contributed by atoms with Gasteiger partial charge in [0.2, 0.25) is 0 Å². The van der Waals surface area contributed by atoms with Crippen molar-refractivity contribution in [1.29, 1.82) is 0 Å². The molecule has 2 aromatic carbocycles. The first-order valence-electron chi connectivity index (χ1n) is 11.8. The number of benzene rings is 2. The first-order chi connectivity index (χ1) is 17.0. The van der Waals surface area contributed by atoms with Gasteiger partial charge in [-0.15, -0.1) is 11.3 Å². The van der Waals surface area contributed by atoms with Crippen LogP contribution in [-0.2, 0) is 0 Å². The molecule has 0 amide bonds. The first-order valence-corrected chi connectivity index (χ1v) is 12.6. The molecular weight excluding hydrogens is 450 g/mol. The molecule has 0 saturated carbocycles. The van der Waals surface area contributed by atoms with E-state index >= 15 is 0 Å². The summed E-state index contributed by atoms with van der Waals surface area (Å²) in [6.45, 7) is 0.241. The van der Waals surface area contributed by atoms with Gasteiger partial charge in [-0.3, -0.25) is 0 Å². The Balaban J connectivity index is 1.33. The minimum Gasteiger partial charge on any atom is -0.392 e. The van der Waals surface area contributed by atoms with Crippen LogP contribution in [0.3, 0.4) is 0 Å². The Bertz CT molecular complexity index is 1440. The number of hydrogen-bond acceptors (Lipinski definition) is 7. The van der Waals surface area contributed by atoms with E-state index in [1.807, 2.05) is 35.9 Å². The van der Waals surface area contributed by atoms with Crippen molar-refractivity contribution in [3.05, 3.63) is 73.1 Å².